The van der Waals surface area contributed by atoms with E-state index in [1.165, 1.54) is 0 Å². The number of ether oxygens (including phenoxy) is 1. The number of hydrogen-bond acceptors (Lipinski definition) is 2. The number of rotatable bonds is 5. The number of unbranched alkanes of at least 4 members (excludes halogenated alkanes) is 1. The van der Waals surface area contributed by atoms with Crippen molar-refractivity contribution in [2.75, 3.05) is 11.9 Å². The van der Waals surface area contributed by atoms with Crippen LogP contribution in [0.25, 0.3) is 0 Å². The highest BCUT2D eigenvalue weighted by molar-refractivity contribution is 9.09. The summed E-state index contributed by atoms with van der Waals surface area (Å²) in [5, 5.41) is 0.933. The van der Waals surface area contributed by atoms with E-state index in [0.717, 1.165) is 18.2 Å². The molecule has 0 saturated heterocycles. The Hall–Kier alpha value is 0.530. The number of esters is 1. The van der Waals surface area contributed by atoms with Crippen LogP contribution in [0, 0.1) is 5.92 Å². The van der Waals surface area contributed by atoms with E-state index in [1.54, 1.807) is 0 Å². The minimum atomic E-state index is -0.855. The second-order valence-electron chi connectivity index (χ2n) is 3.08. The average Bonchev–Trinajstić information content (AvgIpc) is 2.69. The summed E-state index contributed by atoms with van der Waals surface area (Å²) in [7, 11) is 0. The molecule has 0 heterocycles. The molecule has 0 spiro atoms. The zero-order chi connectivity index (χ0) is 9.90. The van der Waals surface area contributed by atoms with Crippen molar-refractivity contribution in [1.82, 2.24) is 0 Å². The van der Waals surface area contributed by atoms with Gasteiger partial charge in [0.2, 0.25) is 0 Å². The SMILES string of the molecule is O=C(OCCCCBr)C1CC1(Cl)Cl. The second-order valence-corrected chi connectivity index (χ2v) is 5.42. The van der Waals surface area contributed by atoms with Crippen LogP contribution in [-0.2, 0) is 9.53 Å². The first kappa shape index (κ1) is 11.6. The molecule has 0 aromatic rings. The van der Waals surface area contributed by atoms with Crippen molar-refractivity contribution in [3.05, 3.63) is 0 Å². The Balaban J connectivity index is 2.06. The number of halogens is 3. The van der Waals surface area contributed by atoms with Gasteiger partial charge in [-0.05, 0) is 19.3 Å². The molecule has 0 amide bonds. The molecule has 1 atom stereocenters. The molecule has 0 aromatic heterocycles. The standard InChI is InChI=1S/C8H11BrCl2O2/c9-3-1-2-4-13-7(12)6-5-8(6,10)11/h6H,1-5H2. The summed E-state index contributed by atoms with van der Waals surface area (Å²) in [6, 6.07) is 0. The van der Waals surface area contributed by atoms with Crippen LogP contribution in [-0.4, -0.2) is 22.2 Å². The Morgan fingerprint density at radius 2 is 2.15 bits per heavy atom. The molecule has 0 aliphatic heterocycles. The molecule has 0 N–H and O–H groups in total. The fraction of sp³-hybridized carbons (Fsp3) is 0.875. The van der Waals surface area contributed by atoms with Gasteiger partial charge in [-0.1, -0.05) is 15.9 Å². The average molecular weight is 290 g/mol. The third kappa shape index (κ3) is 3.64. The Bertz CT molecular complexity index is 197. The van der Waals surface area contributed by atoms with Gasteiger partial charge in [0.25, 0.3) is 0 Å². The van der Waals surface area contributed by atoms with Crippen molar-refractivity contribution in [2.24, 2.45) is 5.92 Å². The van der Waals surface area contributed by atoms with E-state index in [1.807, 2.05) is 0 Å². The smallest absolute Gasteiger partial charge is 0.312 e. The zero-order valence-corrected chi connectivity index (χ0v) is 10.2. The maximum absolute atomic E-state index is 11.2. The molecular formula is C8H11BrCl2O2. The molecular weight excluding hydrogens is 279 g/mol. The van der Waals surface area contributed by atoms with Crippen LogP contribution in [0.15, 0.2) is 0 Å². The van der Waals surface area contributed by atoms with E-state index in [-0.39, 0.29) is 11.9 Å². The Morgan fingerprint density at radius 1 is 1.54 bits per heavy atom. The zero-order valence-electron chi connectivity index (χ0n) is 7.06. The van der Waals surface area contributed by atoms with Gasteiger partial charge in [0.1, 0.15) is 4.33 Å². The van der Waals surface area contributed by atoms with Crippen molar-refractivity contribution < 1.29 is 9.53 Å². The van der Waals surface area contributed by atoms with E-state index >= 15 is 0 Å². The highest BCUT2D eigenvalue weighted by Gasteiger charge is 2.57. The highest BCUT2D eigenvalue weighted by atomic mass is 79.9. The third-order valence-corrected chi connectivity index (χ3v) is 3.28. The fourth-order valence-electron chi connectivity index (χ4n) is 0.939. The molecule has 76 valence electrons. The van der Waals surface area contributed by atoms with Gasteiger partial charge in [0, 0.05) is 5.33 Å². The Morgan fingerprint density at radius 3 is 2.62 bits per heavy atom. The molecule has 1 fully saturated rings. The number of alkyl halides is 3. The summed E-state index contributed by atoms with van der Waals surface area (Å²) >= 11 is 14.7. The number of hydrogen-bond donors (Lipinski definition) is 0. The number of carbonyl (C=O) groups is 1. The van der Waals surface area contributed by atoms with Gasteiger partial charge in [0.15, 0.2) is 0 Å². The lowest BCUT2D eigenvalue weighted by molar-refractivity contribution is -0.145. The Labute approximate surface area is 96.0 Å². The lowest BCUT2D eigenvalue weighted by Gasteiger charge is -2.03. The first-order chi connectivity index (χ1) is 6.08. The quantitative estimate of drug-likeness (QED) is 0.442. The summed E-state index contributed by atoms with van der Waals surface area (Å²) in [5.74, 6) is -0.570. The van der Waals surface area contributed by atoms with Gasteiger partial charge in [-0.25, -0.2) is 0 Å². The van der Waals surface area contributed by atoms with Crippen LogP contribution in [0.3, 0.4) is 0 Å². The Kier molecular flexibility index (Phi) is 4.33. The van der Waals surface area contributed by atoms with Crippen molar-refractivity contribution in [3.63, 3.8) is 0 Å². The van der Waals surface area contributed by atoms with Crippen LogP contribution in [0.1, 0.15) is 19.3 Å². The van der Waals surface area contributed by atoms with Crippen molar-refractivity contribution in [1.29, 1.82) is 0 Å². The van der Waals surface area contributed by atoms with Crippen molar-refractivity contribution in [2.45, 2.75) is 23.6 Å². The van der Waals surface area contributed by atoms with Crippen LogP contribution in [0.5, 0.6) is 0 Å². The maximum Gasteiger partial charge on any atom is 0.312 e. The summed E-state index contributed by atoms with van der Waals surface area (Å²) < 4.78 is 4.12. The van der Waals surface area contributed by atoms with Gasteiger partial charge in [-0.2, -0.15) is 0 Å². The van der Waals surface area contributed by atoms with Gasteiger partial charge in [0.05, 0.1) is 12.5 Å². The molecule has 1 rings (SSSR count). The number of carbonyl (C=O) groups excluding carboxylic acids is 1. The van der Waals surface area contributed by atoms with Gasteiger partial charge < -0.3 is 4.74 Å². The summed E-state index contributed by atoms with van der Waals surface area (Å²) in [4.78, 5) is 11.2. The normalized spacial score (nSPS) is 24.1. The highest BCUT2D eigenvalue weighted by Crippen LogP contribution is 2.53. The van der Waals surface area contributed by atoms with Crippen molar-refractivity contribution >= 4 is 45.1 Å². The molecule has 0 bridgehead atoms. The minimum Gasteiger partial charge on any atom is -0.465 e. The fourth-order valence-corrected chi connectivity index (χ4v) is 1.82. The van der Waals surface area contributed by atoms with Crippen LogP contribution < -0.4 is 0 Å². The van der Waals surface area contributed by atoms with E-state index in [0.29, 0.717) is 13.0 Å². The van der Waals surface area contributed by atoms with E-state index < -0.39 is 4.33 Å². The van der Waals surface area contributed by atoms with E-state index in [9.17, 15) is 4.79 Å². The summed E-state index contributed by atoms with van der Waals surface area (Å²) in [5.41, 5.74) is 0. The van der Waals surface area contributed by atoms with Gasteiger partial charge in [-0.15, -0.1) is 23.2 Å². The predicted molar refractivity (Wildman–Crippen MR) is 56.5 cm³/mol. The largest absolute Gasteiger partial charge is 0.465 e. The molecule has 1 saturated carbocycles. The molecule has 13 heavy (non-hydrogen) atoms. The van der Waals surface area contributed by atoms with Crippen LogP contribution in [0.4, 0.5) is 0 Å². The summed E-state index contributed by atoms with van der Waals surface area (Å²) in [6.07, 6.45) is 2.40. The molecule has 1 aliphatic carbocycles. The predicted octanol–water partition coefficient (Wildman–Crippen LogP) is 2.90. The lowest BCUT2D eigenvalue weighted by atomic mass is 10.3. The van der Waals surface area contributed by atoms with E-state index in [4.69, 9.17) is 27.9 Å². The minimum absolute atomic E-state index is 0.264. The second kappa shape index (κ2) is 4.85. The third-order valence-electron chi connectivity index (χ3n) is 1.88. The molecule has 0 radical (unpaired) electrons. The van der Waals surface area contributed by atoms with E-state index in [2.05, 4.69) is 15.9 Å². The summed E-state index contributed by atoms with van der Waals surface area (Å²) in [6.45, 7) is 0.463. The molecule has 1 unspecified atom stereocenters. The molecule has 2 nitrogen and oxygen atoms in total. The molecule has 0 aromatic carbocycles. The monoisotopic (exact) mass is 288 g/mol. The molecule has 5 heteroatoms. The first-order valence-corrected chi connectivity index (χ1v) is 6.06. The topological polar surface area (TPSA) is 26.3 Å². The van der Waals surface area contributed by atoms with Gasteiger partial charge >= 0.3 is 5.97 Å². The van der Waals surface area contributed by atoms with Crippen LogP contribution in [0.2, 0.25) is 0 Å². The maximum atomic E-state index is 11.2. The lowest BCUT2D eigenvalue weighted by Crippen LogP contribution is -2.11. The van der Waals surface area contributed by atoms with Crippen LogP contribution >= 0.6 is 39.1 Å². The molecule has 1 aliphatic rings. The van der Waals surface area contributed by atoms with Gasteiger partial charge in [-0.3, -0.25) is 4.79 Å². The van der Waals surface area contributed by atoms with Crippen molar-refractivity contribution in [3.8, 4) is 0 Å². The first-order valence-electron chi connectivity index (χ1n) is 4.18.